The van der Waals surface area contributed by atoms with Crippen molar-refractivity contribution < 1.29 is 14.8 Å². The molecule has 3 N–H and O–H groups in total. The lowest BCUT2D eigenvalue weighted by Gasteiger charge is -2.34. The van der Waals surface area contributed by atoms with Gasteiger partial charge in [0, 0.05) is 37.9 Å². The van der Waals surface area contributed by atoms with Crippen LogP contribution in [0.15, 0.2) is 18.2 Å². The van der Waals surface area contributed by atoms with Crippen LogP contribution >= 0.6 is 0 Å². The summed E-state index contributed by atoms with van der Waals surface area (Å²) in [6, 6.07) is 4.63. The predicted molar refractivity (Wildman–Crippen MR) is 69.3 cm³/mol. The van der Waals surface area contributed by atoms with Gasteiger partial charge in [0.2, 0.25) is 0 Å². The number of amides is 1. The fourth-order valence-electron chi connectivity index (χ4n) is 2.04. The van der Waals surface area contributed by atoms with Crippen LogP contribution in [0.5, 0.6) is 0 Å². The van der Waals surface area contributed by atoms with Crippen LogP contribution in [0.2, 0.25) is 0 Å². The fourth-order valence-corrected chi connectivity index (χ4v) is 2.04. The lowest BCUT2D eigenvalue weighted by atomic mass is 10.2. The first-order valence-electron chi connectivity index (χ1n) is 5.76. The maximum atomic E-state index is 10.8. The number of nitrogens with two attached hydrogens (primary N) is 1. The molecule has 0 bridgehead atoms. The molecular weight excluding hydrogens is 252 g/mol. The molecule has 0 radical (unpaired) electrons. The van der Waals surface area contributed by atoms with E-state index in [0.29, 0.717) is 31.9 Å². The van der Waals surface area contributed by atoms with Gasteiger partial charge in [-0.1, -0.05) is 0 Å². The summed E-state index contributed by atoms with van der Waals surface area (Å²) in [6.07, 6.45) is -0.942. The largest absolute Gasteiger partial charge is 0.465 e. The van der Waals surface area contributed by atoms with E-state index in [0.717, 1.165) is 0 Å². The molecule has 1 fully saturated rings. The van der Waals surface area contributed by atoms with Gasteiger partial charge in [0.05, 0.1) is 4.92 Å². The van der Waals surface area contributed by atoms with Crippen LogP contribution in [0.4, 0.5) is 21.9 Å². The lowest BCUT2D eigenvalue weighted by molar-refractivity contribution is -0.383. The molecule has 0 aromatic heterocycles. The Bertz CT molecular complexity index is 511. The number of hydrogen-bond donors (Lipinski definition) is 2. The van der Waals surface area contributed by atoms with E-state index in [9.17, 15) is 14.9 Å². The van der Waals surface area contributed by atoms with Gasteiger partial charge in [-0.3, -0.25) is 10.1 Å². The summed E-state index contributed by atoms with van der Waals surface area (Å²) in [5.41, 5.74) is 6.22. The maximum Gasteiger partial charge on any atom is 0.407 e. The Kier molecular flexibility index (Phi) is 3.41. The molecule has 0 aliphatic carbocycles. The molecule has 0 unspecified atom stereocenters. The van der Waals surface area contributed by atoms with Gasteiger partial charge >= 0.3 is 6.09 Å². The van der Waals surface area contributed by atoms with Crippen LogP contribution in [0.1, 0.15) is 0 Å². The van der Waals surface area contributed by atoms with Gasteiger partial charge in [-0.2, -0.15) is 0 Å². The van der Waals surface area contributed by atoms with E-state index in [-0.39, 0.29) is 11.4 Å². The summed E-state index contributed by atoms with van der Waals surface area (Å²) < 4.78 is 0. The van der Waals surface area contributed by atoms with E-state index in [1.807, 2.05) is 4.90 Å². The van der Waals surface area contributed by atoms with E-state index in [4.69, 9.17) is 10.8 Å². The van der Waals surface area contributed by atoms with E-state index < -0.39 is 11.0 Å². The van der Waals surface area contributed by atoms with Crippen molar-refractivity contribution in [3.8, 4) is 0 Å². The van der Waals surface area contributed by atoms with E-state index in [1.165, 1.54) is 17.0 Å². The van der Waals surface area contributed by atoms with Crippen molar-refractivity contribution >= 4 is 23.2 Å². The van der Waals surface area contributed by atoms with Gasteiger partial charge in [0.25, 0.3) is 5.69 Å². The highest BCUT2D eigenvalue weighted by Gasteiger charge is 2.22. The molecule has 2 rings (SSSR count). The van der Waals surface area contributed by atoms with Crippen molar-refractivity contribution in [1.82, 2.24) is 4.90 Å². The van der Waals surface area contributed by atoms with Gasteiger partial charge in [0.1, 0.15) is 5.69 Å². The Labute approximate surface area is 109 Å². The third kappa shape index (κ3) is 2.67. The lowest BCUT2D eigenvalue weighted by Crippen LogP contribution is -2.48. The van der Waals surface area contributed by atoms with Crippen molar-refractivity contribution in [3.05, 3.63) is 28.3 Å². The molecule has 0 atom stereocenters. The van der Waals surface area contributed by atoms with Crippen molar-refractivity contribution in [2.24, 2.45) is 0 Å². The molecule has 1 aromatic carbocycles. The van der Waals surface area contributed by atoms with Crippen molar-refractivity contribution in [2.75, 3.05) is 36.8 Å². The number of nitrogens with zero attached hydrogens (tertiary/aromatic N) is 3. The Hall–Kier alpha value is -2.51. The first kappa shape index (κ1) is 12.9. The standard InChI is InChI=1S/C11H14N4O4/c12-9-2-1-8(7-10(9)15(18)19)13-3-5-14(6-4-13)11(16)17/h1-2,7H,3-6,12H2,(H,16,17). The average Bonchev–Trinajstić information content (AvgIpc) is 2.39. The summed E-state index contributed by atoms with van der Waals surface area (Å²) >= 11 is 0. The predicted octanol–water partition coefficient (Wildman–Crippen LogP) is 0.977. The number of carbonyl (C=O) groups is 1. The minimum Gasteiger partial charge on any atom is -0.465 e. The Morgan fingerprint density at radius 3 is 2.47 bits per heavy atom. The monoisotopic (exact) mass is 266 g/mol. The maximum absolute atomic E-state index is 10.8. The number of nitrogen functional groups attached to an aromatic ring is 1. The first-order chi connectivity index (χ1) is 8.99. The second-order valence-corrected chi connectivity index (χ2v) is 4.26. The quantitative estimate of drug-likeness (QED) is 0.468. The van der Waals surface area contributed by atoms with Gasteiger partial charge < -0.3 is 20.6 Å². The van der Waals surface area contributed by atoms with Gasteiger partial charge in [-0.05, 0) is 12.1 Å². The second kappa shape index (κ2) is 5.01. The van der Waals surface area contributed by atoms with Crippen LogP contribution in [0.25, 0.3) is 0 Å². The van der Waals surface area contributed by atoms with Crippen molar-refractivity contribution in [2.45, 2.75) is 0 Å². The van der Waals surface area contributed by atoms with Gasteiger partial charge in [-0.15, -0.1) is 0 Å². The number of hydrogen-bond acceptors (Lipinski definition) is 5. The molecule has 1 aliphatic rings. The number of nitro groups is 1. The average molecular weight is 266 g/mol. The van der Waals surface area contributed by atoms with Gasteiger partial charge in [-0.25, -0.2) is 4.79 Å². The number of anilines is 2. The highest BCUT2D eigenvalue weighted by atomic mass is 16.6. The smallest absolute Gasteiger partial charge is 0.407 e. The molecule has 8 heteroatoms. The van der Waals surface area contributed by atoms with E-state index >= 15 is 0 Å². The number of nitro benzene ring substituents is 1. The van der Waals surface area contributed by atoms with E-state index in [2.05, 4.69) is 0 Å². The molecule has 102 valence electrons. The highest BCUT2D eigenvalue weighted by Crippen LogP contribution is 2.27. The summed E-state index contributed by atoms with van der Waals surface area (Å²) in [6.45, 7) is 1.78. The van der Waals surface area contributed by atoms with Crippen LogP contribution < -0.4 is 10.6 Å². The zero-order valence-corrected chi connectivity index (χ0v) is 10.2. The SMILES string of the molecule is Nc1ccc(N2CCN(C(=O)O)CC2)cc1[N+](=O)[O-]. The molecule has 1 amide bonds. The Morgan fingerprint density at radius 1 is 1.32 bits per heavy atom. The normalized spacial score (nSPS) is 15.4. The number of benzene rings is 1. The molecule has 1 saturated heterocycles. The summed E-state index contributed by atoms with van der Waals surface area (Å²) in [5, 5.41) is 19.7. The van der Waals surface area contributed by atoms with E-state index in [1.54, 1.807) is 6.07 Å². The van der Waals surface area contributed by atoms with Crippen molar-refractivity contribution in [1.29, 1.82) is 0 Å². The van der Waals surface area contributed by atoms with Crippen LogP contribution in [-0.2, 0) is 0 Å². The van der Waals surface area contributed by atoms with Crippen LogP contribution in [0.3, 0.4) is 0 Å². The number of carboxylic acid groups (broad SMARTS) is 1. The fraction of sp³-hybridized carbons (Fsp3) is 0.364. The summed E-state index contributed by atoms with van der Waals surface area (Å²) in [5.74, 6) is 0. The van der Waals surface area contributed by atoms with Crippen molar-refractivity contribution in [3.63, 3.8) is 0 Å². The summed E-state index contributed by atoms with van der Waals surface area (Å²) in [4.78, 5) is 24.3. The zero-order valence-electron chi connectivity index (χ0n) is 10.2. The molecule has 0 saturated carbocycles. The second-order valence-electron chi connectivity index (χ2n) is 4.26. The van der Waals surface area contributed by atoms with Crippen LogP contribution in [-0.4, -0.2) is 47.2 Å². The topological polar surface area (TPSA) is 113 Å². The zero-order chi connectivity index (χ0) is 14.0. The molecular formula is C11H14N4O4. The summed E-state index contributed by atoms with van der Waals surface area (Å²) in [7, 11) is 0. The number of piperazine rings is 1. The van der Waals surface area contributed by atoms with Gasteiger partial charge in [0.15, 0.2) is 0 Å². The molecule has 1 aromatic rings. The molecule has 1 heterocycles. The molecule has 8 nitrogen and oxygen atoms in total. The first-order valence-corrected chi connectivity index (χ1v) is 5.76. The Morgan fingerprint density at radius 2 is 1.95 bits per heavy atom. The van der Waals surface area contributed by atoms with Crippen LogP contribution in [0, 0.1) is 10.1 Å². The third-order valence-electron chi connectivity index (χ3n) is 3.13. The third-order valence-corrected chi connectivity index (χ3v) is 3.13. The Balaban J connectivity index is 2.14. The molecule has 1 aliphatic heterocycles. The highest BCUT2D eigenvalue weighted by molar-refractivity contribution is 5.68. The minimum absolute atomic E-state index is 0.123. The molecule has 0 spiro atoms. The number of rotatable bonds is 2. The molecule has 19 heavy (non-hydrogen) atoms. The minimum atomic E-state index is -0.942.